The maximum absolute atomic E-state index is 12.6. The third-order valence-corrected chi connectivity index (χ3v) is 5.53. The monoisotopic (exact) mass is 354 g/mol. The standard InChI is InChI=1S/C15H22N4O4S/c1-24(21,22)18-8-4-15-5-10-23-12(15)3-9-19(11-15)14(20)13-16-6-2-7-17-13/h2,6-7,12,18H,3-5,8-11H2,1H3/t12-,15+/m1/s1. The van der Waals surface area contributed by atoms with Crippen molar-refractivity contribution in [3.63, 3.8) is 0 Å². The summed E-state index contributed by atoms with van der Waals surface area (Å²) in [5, 5.41) is 0. The van der Waals surface area contributed by atoms with E-state index in [0.717, 1.165) is 19.1 Å². The van der Waals surface area contributed by atoms with E-state index in [1.54, 1.807) is 23.4 Å². The highest BCUT2D eigenvalue weighted by molar-refractivity contribution is 7.88. The zero-order chi connectivity index (χ0) is 17.2. The van der Waals surface area contributed by atoms with Crippen molar-refractivity contribution in [3.05, 3.63) is 24.3 Å². The molecular formula is C15H22N4O4S. The highest BCUT2D eigenvalue weighted by atomic mass is 32.2. The summed E-state index contributed by atoms with van der Waals surface area (Å²) in [5.41, 5.74) is -0.208. The Labute approximate surface area is 141 Å². The van der Waals surface area contributed by atoms with Crippen LogP contribution in [0.1, 0.15) is 29.9 Å². The van der Waals surface area contributed by atoms with E-state index < -0.39 is 10.0 Å². The molecule has 0 saturated carbocycles. The highest BCUT2D eigenvalue weighted by Crippen LogP contribution is 2.43. The van der Waals surface area contributed by atoms with E-state index in [0.29, 0.717) is 32.7 Å². The molecule has 2 fully saturated rings. The van der Waals surface area contributed by atoms with Gasteiger partial charge in [-0.15, -0.1) is 0 Å². The number of hydrogen-bond acceptors (Lipinski definition) is 6. The number of rotatable bonds is 5. The van der Waals surface area contributed by atoms with E-state index in [2.05, 4.69) is 14.7 Å². The molecule has 2 atom stereocenters. The molecule has 1 amide bonds. The Bertz CT molecular complexity index is 697. The van der Waals surface area contributed by atoms with Gasteiger partial charge in [0.05, 0.1) is 12.4 Å². The first-order valence-electron chi connectivity index (χ1n) is 8.02. The molecule has 9 heteroatoms. The van der Waals surface area contributed by atoms with Crippen LogP contribution in [0.2, 0.25) is 0 Å². The number of sulfonamides is 1. The number of aromatic nitrogens is 2. The molecule has 8 nitrogen and oxygen atoms in total. The van der Waals surface area contributed by atoms with E-state index in [9.17, 15) is 13.2 Å². The fourth-order valence-electron chi connectivity index (χ4n) is 3.62. The Kier molecular flexibility index (Phi) is 4.84. The van der Waals surface area contributed by atoms with Crippen LogP contribution in [0.25, 0.3) is 0 Å². The van der Waals surface area contributed by atoms with Gasteiger partial charge in [-0.1, -0.05) is 0 Å². The van der Waals surface area contributed by atoms with Crippen LogP contribution >= 0.6 is 0 Å². The molecular weight excluding hydrogens is 332 g/mol. The van der Waals surface area contributed by atoms with E-state index in [-0.39, 0.29) is 23.3 Å². The molecule has 2 saturated heterocycles. The fourth-order valence-corrected chi connectivity index (χ4v) is 4.09. The van der Waals surface area contributed by atoms with Gasteiger partial charge in [0.1, 0.15) is 0 Å². The second-order valence-corrected chi connectivity index (χ2v) is 8.31. The zero-order valence-electron chi connectivity index (χ0n) is 13.6. The molecule has 1 N–H and O–H groups in total. The Morgan fingerprint density at radius 3 is 2.92 bits per heavy atom. The number of amides is 1. The molecule has 2 aliphatic heterocycles. The summed E-state index contributed by atoms with van der Waals surface area (Å²) < 4.78 is 31.0. The molecule has 2 aliphatic rings. The van der Waals surface area contributed by atoms with Gasteiger partial charge in [0, 0.05) is 44.0 Å². The highest BCUT2D eigenvalue weighted by Gasteiger charge is 2.48. The van der Waals surface area contributed by atoms with Crippen LogP contribution in [0.3, 0.4) is 0 Å². The van der Waals surface area contributed by atoms with Gasteiger partial charge in [-0.2, -0.15) is 0 Å². The van der Waals surface area contributed by atoms with Crippen LogP contribution in [-0.4, -0.2) is 67.8 Å². The number of nitrogens with one attached hydrogen (secondary N) is 1. The van der Waals surface area contributed by atoms with Crippen LogP contribution in [0, 0.1) is 5.41 Å². The zero-order valence-corrected chi connectivity index (χ0v) is 14.5. The van der Waals surface area contributed by atoms with Crippen molar-refractivity contribution >= 4 is 15.9 Å². The number of ether oxygens (including phenoxy) is 1. The van der Waals surface area contributed by atoms with Gasteiger partial charge in [0.2, 0.25) is 15.8 Å². The minimum atomic E-state index is -3.22. The van der Waals surface area contributed by atoms with E-state index >= 15 is 0 Å². The van der Waals surface area contributed by atoms with Gasteiger partial charge < -0.3 is 9.64 Å². The Morgan fingerprint density at radius 1 is 1.46 bits per heavy atom. The SMILES string of the molecule is CS(=O)(=O)NCC[C@@]12CCO[C@@H]1CCN(C(=O)c1ncccn1)C2. The lowest BCUT2D eigenvalue weighted by Gasteiger charge is -2.43. The minimum Gasteiger partial charge on any atom is -0.377 e. The first-order valence-corrected chi connectivity index (χ1v) is 9.91. The first-order chi connectivity index (χ1) is 11.4. The Hall–Kier alpha value is -1.58. The summed E-state index contributed by atoms with van der Waals surface area (Å²) in [7, 11) is -3.22. The average molecular weight is 354 g/mol. The molecule has 0 aromatic carbocycles. The number of nitrogens with zero attached hydrogens (tertiary/aromatic N) is 3. The first kappa shape index (κ1) is 17.2. The fraction of sp³-hybridized carbons (Fsp3) is 0.667. The third-order valence-electron chi connectivity index (χ3n) is 4.80. The average Bonchev–Trinajstić information content (AvgIpc) is 2.96. The number of piperidine rings is 1. The lowest BCUT2D eigenvalue weighted by atomic mass is 9.74. The molecule has 0 radical (unpaired) electrons. The maximum atomic E-state index is 12.6. The van der Waals surface area contributed by atoms with E-state index in [1.165, 1.54) is 0 Å². The summed E-state index contributed by atoms with van der Waals surface area (Å²) in [6, 6.07) is 1.67. The van der Waals surface area contributed by atoms with Crippen LogP contribution < -0.4 is 4.72 Å². The quantitative estimate of drug-likeness (QED) is 0.801. The third kappa shape index (κ3) is 3.73. The molecule has 3 heterocycles. The number of hydrogen-bond donors (Lipinski definition) is 1. The van der Waals surface area contributed by atoms with Crippen LogP contribution in [-0.2, 0) is 14.8 Å². The van der Waals surface area contributed by atoms with Crippen molar-refractivity contribution in [1.82, 2.24) is 19.6 Å². The topological polar surface area (TPSA) is 101 Å². The van der Waals surface area contributed by atoms with Gasteiger partial charge in [-0.25, -0.2) is 23.1 Å². The summed E-state index contributed by atoms with van der Waals surface area (Å²) in [6.07, 6.45) is 6.54. The van der Waals surface area contributed by atoms with Gasteiger partial charge in [-0.3, -0.25) is 4.79 Å². The second kappa shape index (κ2) is 6.73. The van der Waals surface area contributed by atoms with E-state index in [4.69, 9.17) is 4.74 Å². The summed E-state index contributed by atoms with van der Waals surface area (Å²) in [6.45, 7) is 2.14. The molecule has 1 aromatic rings. The number of carbonyl (C=O) groups is 1. The summed E-state index contributed by atoms with van der Waals surface area (Å²) in [5.74, 6) is 0.00988. The van der Waals surface area contributed by atoms with Gasteiger partial charge in [-0.05, 0) is 25.3 Å². The van der Waals surface area contributed by atoms with E-state index in [1.807, 2.05) is 0 Å². The lowest BCUT2D eigenvalue weighted by Crippen LogP contribution is -2.52. The smallest absolute Gasteiger partial charge is 0.291 e. The van der Waals surface area contributed by atoms with Crippen molar-refractivity contribution < 1.29 is 17.9 Å². The van der Waals surface area contributed by atoms with Gasteiger partial charge in [0.25, 0.3) is 5.91 Å². The van der Waals surface area contributed by atoms with Crippen molar-refractivity contribution in [2.45, 2.75) is 25.4 Å². The number of likely N-dealkylation sites (tertiary alicyclic amines) is 1. The normalized spacial score (nSPS) is 27.0. The molecule has 0 spiro atoms. The Balaban J connectivity index is 1.71. The summed E-state index contributed by atoms with van der Waals surface area (Å²) >= 11 is 0. The molecule has 132 valence electrons. The van der Waals surface area contributed by atoms with Crippen LogP contribution in [0.15, 0.2) is 18.5 Å². The minimum absolute atomic E-state index is 0.0691. The van der Waals surface area contributed by atoms with Gasteiger partial charge in [0.15, 0.2) is 0 Å². The lowest BCUT2D eigenvalue weighted by molar-refractivity contribution is -0.0161. The molecule has 0 bridgehead atoms. The predicted octanol–water partition coefficient (Wildman–Crippen LogP) is 0.0371. The largest absolute Gasteiger partial charge is 0.377 e. The second-order valence-electron chi connectivity index (χ2n) is 6.48. The van der Waals surface area contributed by atoms with Crippen LogP contribution in [0.5, 0.6) is 0 Å². The maximum Gasteiger partial charge on any atom is 0.291 e. The van der Waals surface area contributed by atoms with Crippen molar-refractivity contribution in [2.75, 3.05) is 32.5 Å². The number of carbonyl (C=O) groups excluding carboxylic acids is 1. The molecule has 24 heavy (non-hydrogen) atoms. The molecule has 0 unspecified atom stereocenters. The Morgan fingerprint density at radius 2 is 2.21 bits per heavy atom. The van der Waals surface area contributed by atoms with Crippen molar-refractivity contribution in [1.29, 1.82) is 0 Å². The summed E-state index contributed by atoms with van der Waals surface area (Å²) in [4.78, 5) is 22.4. The number of fused-ring (bicyclic) bond motifs is 1. The predicted molar refractivity (Wildman–Crippen MR) is 86.8 cm³/mol. The van der Waals surface area contributed by atoms with Crippen molar-refractivity contribution in [3.8, 4) is 0 Å². The van der Waals surface area contributed by atoms with Gasteiger partial charge >= 0.3 is 0 Å². The molecule has 0 aliphatic carbocycles. The van der Waals surface area contributed by atoms with Crippen LogP contribution in [0.4, 0.5) is 0 Å². The van der Waals surface area contributed by atoms with Crippen molar-refractivity contribution in [2.24, 2.45) is 5.41 Å². The molecule has 1 aromatic heterocycles. The molecule has 3 rings (SSSR count).